The van der Waals surface area contributed by atoms with Crippen molar-refractivity contribution in [2.45, 2.75) is 78.2 Å². The Bertz CT molecular complexity index is 267. The molecule has 1 aliphatic carbocycles. The van der Waals surface area contributed by atoms with Crippen LogP contribution in [0.3, 0.4) is 0 Å². The normalized spacial score (nSPS) is 28.5. The van der Waals surface area contributed by atoms with Gasteiger partial charge in [0.15, 0.2) is 0 Å². The lowest BCUT2D eigenvalue weighted by Gasteiger charge is -2.41. The fourth-order valence-corrected chi connectivity index (χ4v) is 4.19. The first-order chi connectivity index (χ1) is 9.60. The number of nitrogens with zero attached hydrogens (tertiary/aromatic N) is 1. The summed E-state index contributed by atoms with van der Waals surface area (Å²) in [5.74, 6) is 0.907. The van der Waals surface area contributed by atoms with Crippen LogP contribution in [0.4, 0.5) is 0 Å². The molecule has 0 aromatic rings. The zero-order chi connectivity index (χ0) is 14.4. The molecule has 118 valence electrons. The molecule has 1 atom stereocenters. The van der Waals surface area contributed by atoms with Crippen molar-refractivity contribution in [3.63, 3.8) is 0 Å². The molecule has 1 unspecified atom stereocenters. The van der Waals surface area contributed by atoms with Gasteiger partial charge in [0.2, 0.25) is 0 Å². The van der Waals surface area contributed by atoms with Crippen LogP contribution < -0.4 is 5.32 Å². The molecule has 1 N–H and O–H groups in total. The summed E-state index contributed by atoms with van der Waals surface area (Å²) in [6.45, 7) is 12.3. The third-order valence-corrected chi connectivity index (χ3v) is 5.35. The minimum atomic E-state index is 0.553. The van der Waals surface area contributed by atoms with Gasteiger partial charge in [0, 0.05) is 25.7 Å². The van der Waals surface area contributed by atoms with Crippen LogP contribution >= 0.6 is 0 Å². The predicted octanol–water partition coefficient (Wildman–Crippen LogP) is 4.06. The molecule has 2 rings (SSSR count). The molecule has 0 aromatic carbocycles. The Morgan fingerprint density at radius 2 is 1.80 bits per heavy atom. The van der Waals surface area contributed by atoms with Gasteiger partial charge in [0.05, 0.1) is 0 Å². The van der Waals surface area contributed by atoms with Crippen LogP contribution in [0.15, 0.2) is 0 Å². The number of rotatable bonds is 5. The second-order valence-corrected chi connectivity index (χ2v) is 7.93. The molecule has 0 radical (unpaired) electrons. The van der Waals surface area contributed by atoms with E-state index in [9.17, 15) is 0 Å². The summed E-state index contributed by atoms with van der Waals surface area (Å²) in [7, 11) is 0. The molecule has 0 aromatic heterocycles. The minimum absolute atomic E-state index is 0.553. The molecular weight excluding hydrogens is 244 g/mol. The highest BCUT2D eigenvalue weighted by molar-refractivity contribution is 4.88. The summed E-state index contributed by atoms with van der Waals surface area (Å²) in [6, 6.07) is 0.621. The van der Waals surface area contributed by atoms with E-state index in [-0.39, 0.29) is 0 Å². The second kappa shape index (κ2) is 7.79. The van der Waals surface area contributed by atoms with E-state index in [1.165, 1.54) is 77.5 Å². The number of hydrogen-bond donors (Lipinski definition) is 1. The molecular formula is C18H36N2. The van der Waals surface area contributed by atoms with E-state index in [1.807, 2.05) is 0 Å². The first-order valence-electron chi connectivity index (χ1n) is 9.05. The third kappa shape index (κ3) is 5.04. The fourth-order valence-electron chi connectivity index (χ4n) is 4.19. The summed E-state index contributed by atoms with van der Waals surface area (Å²) >= 11 is 0. The van der Waals surface area contributed by atoms with E-state index < -0.39 is 0 Å². The Kier molecular flexibility index (Phi) is 6.35. The second-order valence-electron chi connectivity index (χ2n) is 7.93. The quantitative estimate of drug-likeness (QED) is 0.764. The molecule has 2 aliphatic rings. The van der Waals surface area contributed by atoms with Gasteiger partial charge in [0.25, 0.3) is 0 Å². The first kappa shape index (κ1) is 16.3. The van der Waals surface area contributed by atoms with Gasteiger partial charge < -0.3 is 10.2 Å². The lowest BCUT2D eigenvalue weighted by Crippen LogP contribution is -2.48. The van der Waals surface area contributed by atoms with Gasteiger partial charge in [-0.05, 0) is 43.6 Å². The van der Waals surface area contributed by atoms with Gasteiger partial charge in [-0.1, -0.05) is 46.5 Å². The molecule has 2 nitrogen and oxygen atoms in total. The van der Waals surface area contributed by atoms with Crippen LogP contribution in [0.1, 0.15) is 72.1 Å². The van der Waals surface area contributed by atoms with E-state index in [4.69, 9.17) is 0 Å². The van der Waals surface area contributed by atoms with Crippen LogP contribution in [0.5, 0.6) is 0 Å². The Balaban J connectivity index is 1.96. The summed E-state index contributed by atoms with van der Waals surface area (Å²) in [5, 5.41) is 3.76. The van der Waals surface area contributed by atoms with Crippen molar-refractivity contribution < 1.29 is 0 Å². The maximum Gasteiger partial charge on any atom is 0.00503 e. The predicted molar refractivity (Wildman–Crippen MR) is 88.1 cm³/mol. The fraction of sp³-hybridized carbons (Fsp3) is 1.00. The van der Waals surface area contributed by atoms with Crippen LogP contribution in [0.2, 0.25) is 0 Å². The smallest absolute Gasteiger partial charge is 0.00503 e. The Morgan fingerprint density at radius 3 is 2.40 bits per heavy atom. The van der Waals surface area contributed by atoms with Gasteiger partial charge >= 0.3 is 0 Å². The van der Waals surface area contributed by atoms with E-state index in [0.717, 1.165) is 5.92 Å². The van der Waals surface area contributed by atoms with Crippen molar-refractivity contribution in [3.8, 4) is 0 Å². The van der Waals surface area contributed by atoms with Gasteiger partial charge in [-0.15, -0.1) is 0 Å². The van der Waals surface area contributed by atoms with Crippen LogP contribution in [0, 0.1) is 11.3 Å². The molecule has 1 heterocycles. The van der Waals surface area contributed by atoms with Gasteiger partial charge in [-0.3, -0.25) is 0 Å². The van der Waals surface area contributed by atoms with E-state index in [1.54, 1.807) is 0 Å². The zero-order valence-corrected chi connectivity index (χ0v) is 14.1. The van der Waals surface area contributed by atoms with Gasteiger partial charge in [-0.2, -0.15) is 0 Å². The Morgan fingerprint density at radius 1 is 1.10 bits per heavy atom. The maximum absolute atomic E-state index is 3.76. The molecule has 0 spiro atoms. The molecule has 1 aliphatic heterocycles. The van der Waals surface area contributed by atoms with Crippen molar-refractivity contribution in [2.75, 3.05) is 26.2 Å². The average molecular weight is 280 g/mol. The lowest BCUT2D eigenvalue weighted by molar-refractivity contribution is 0.0913. The molecule has 1 saturated carbocycles. The highest BCUT2D eigenvalue weighted by Gasteiger charge is 2.33. The molecule has 2 fully saturated rings. The van der Waals surface area contributed by atoms with E-state index >= 15 is 0 Å². The van der Waals surface area contributed by atoms with Crippen LogP contribution in [-0.2, 0) is 0 Å². The highest BCUT2D eigenvalue weighted by Crippen LogP contribution is 2.36. The molecule has 0 bridgehead atoms. The average Bonchev–Trinajstić information content (AvgIpc) is 2.63. The SMILES string of the molecule is CC1CCCN(CC2(CNC(C)C)CCCCCC2)C1. The van der Waals surface area contributed by atoms with Gasteiger partial charge in [0.1, 0.15) is 0 Å². The Hall–Kier alpha value is -0.0800. The largest absolute Gasteiger partial charge is 0.314 e. The van der Waals surface area contributed by atoms with Crippen LogP contribution in [-0.4, -0.2) is 37.1 Å². The summed E-state index contributed by atoms with van der Waals surface area (Å²) < 4.78 is 0. The van der Waals surface area contributed by atoms with Crippen LogP contribution in [0.25, 0.3) is 0 Å². The molecule has 20 heavy (non-hydrogen) atoms. The highest BCUT2D eigenvalue weighted by atomic mass is 15.1. The number of piperidine rings is 1. The van der Waals surface area contributed by atoms with E-state index in [2.05, 4.69) is 31.0 Å². The third-order valence-electron chi connectivity index (χ3n) is 5.35. The maximum atomic E-state index is 3.76. The monoisotopic (exact) mass is 280 g/mol. The lowest BCUT2D eigenvalue weighted by atomic mass is 9.79. The van der Waals surface area contributed by atoms with Gasteiger partial charge in [-0.25, -0.2) is 0 Å². The van der Waals surface area contributed by atoms with Crippen molar-refractivity contribution in [3.05, 3.63) is 0 Å². The van der Waals surface area contributed by atoms with Crippen molar-refractivity contribution >= 4 is 0 Å². The van der Waals surface area contributed by atoms with Crippen molar-refractivity contribution in [2.24, 2.45) is 11.3 Å². The first-order valence-corrected chi connectivity index (χ1v) is 9.05. The summed E-state index contributed by atoms with van der Waals surface area (Å²) in [5.41, 5.74) is 0.553. The number of likely N-dealkylation sites (tertiary alicyclic amines) is 1. The number of hydrogen-bond acceptors (Lipinski definition) is 2. The van der Waals surface area contributed by atoms with Crippen molar-refractivity contribution in [1.29, 1.82) is 0 Å². The molecule has 0 amide bonds. The topological polar surface area (TPSA) is 15.3 Å². The Labute approximate surface area is 126 Å². The number of nitrogens with one attached hydrogen (secondary N) is 1. The van der Waals surface area contributed by atoms with E-state index in [0.29, 0.717) is 11.5 Å². The zero-order valence-electron chi connectivity index (χ0n) is 14.1. The van der Waals surface area contributed by atoms with Crippen molar-refractivity contribution in [1.82, 2.24) is 10.2 Å². The summed E-state index contributed by atoms with van der Waals surface area (Å²) in [6.07, 6.45) is 11.5. The molecule has 1 saturated heterocycles. The summed E-state index contributed by atoms with van der Waals surface area (Å²) in [4.78, 5) is 2.78. The standard InChI is InChI=1S/C18H36N2/c1-16(2)19-14-18(10-6-4-5-7-11-18)15-20-12-8-9-17(3)13-20/h16-17,19H,4-15H2,1-3H3. The molecule has 2 heteroatoms. The minimum Gasteiger partial charge on any atom is -0.314 e.